The Kier molecular flexibility index (Phi) is 6.51. The Labute approximate surface area is 178 Å². The molecular formula is C22H22INO4. The van der Waals surface area contributed by atoms with Crippen molar-refractivity contribution in [2.45, 2.75) is 19.4 Å². The first-order valence-electron chi connectivity index (χ1n) is 9.04. The molecule has 1 N–H and O–H groups in total. The largest absolute Gasteiger partial charge is 0.507 e. The van der Waals surface area contributed by atoms with E-state index in [1.807, 2.05) is 43.3 Å². The lowest BCUT2D eigenvalue weighted by atomic mass is 9.95. The van der Waals surface area contributed by atoms with Crippen LogP contribution in [0, 0.1) is 10.5 Å². The summed E-state index contributed by atoms with van der Waals surface area (Å²) in [5.74, 6) is -1.39. The fourth-order valence-electron chi connectivity index (χ4n) is 3.35. The number of aliphatic hydroxyl groups is 1. The van der Waals surface area contributed by atoms with Crippen LogP contribution in [-0.2, 0) is 14.3 Å². The second kappa shape index (κ2) is 8.87. The fraction of sp³-hybridized carbons (Fsp3) is 0.273. The van der Waals surface area contributed by atoms with Gasteiger partial charge in [0.05, 0.1) is 11.6 Å². The average molecular weight is 491 g/mol. The van der Waals surface area contributed by atoms with E-state index in [2.05, 4.69) is 22.6 Å². The van der Waals surface area contributed by atoms with Crippen LogP contribution in [0.4, 0.5) is 0 Å². The third-order valence-corrected chi connectivity index (χ3v) is 5.52. The molecule has 0 saturated carbocycles. The van der Waals surface area contributed by atoms with Crippen molar-refractivity contribution in [3.8, 4) is 0 Å². The summed E-state index contributed by atoms with van der Waals surface area (Å²) < 4.78 is 6.14. The maximum atomic E-state index is 12.8. The third-order valence-electron chi connectivity index (χ3n) is 4.80. The van der Waals surface area contributed by atoms with Gasteiger partial charge in [0, 0.05) is 29.4 Å². The number of nitrogens with zero attached hydrogens (tertiary/aromatic N) is 1. The van der Waals surface area contributed by atoms with Gasteiger partial charge in [0.2, 0.25) is 0 Å². The summed E-state index contributed by atoms with van der Waals surface area (Å²) in [6, 6.07) is 14.3. The molecule has 0 bridgehead atoms. The van der Waals surface area contributed by atoms with Gasteiger partial charge in [0.25, 0.3) is 11.7 Å². The summed E-state index contributed by atoms with van der Waals surface area (Å²) in [5, 5.41) is 10.9. The Morgan fingerprint density at radius 2 is 1.75 bits per heavy atom. The summed E-state index contributed by atoms with van der Waals surface area (Å²) in [5.41, 5.74) is 2.50. The highest BCUT2D eigenvalue weighted by atomic mass is 127. The number of methoxy groups -OCH3 is 1. The lowest BCUT2D eigenvalue weighted by Gasteiger charge is -2.25. The topological polar surface area (TPSA) is 66.8 Å². The first-order valence-corrected chi connectivity index (χ1v) is 10.1. The zero-order valence-electron chi connectivity index (χ0n) is 15.8. The maximum Gasteiger partial charge on any atom is 0.295 e. The van der Waals surface area contributed by atoms with Crippen molar-refractivity contribution >= 4 is 40.0 Å². The Hall–Kier alpha value is -2.19. The van der Waals surface area contributed by atoms with Crippen LogP contribution in [0.2, 0.25) is 0 Å². The maximum absolute atomic E-state index is 12.8. The summed E-state index contributed by atoms with van der Waals surface area (Å²) in [6.07, 6.45) is 0.606. The monoisotopic (exact) mass is 491 g/mol. The number of ketones is 1. The number of likely N-dealkylation sites (tertiary alicyclic amines) is 1. The summed E-state index contributed by atoms with van der Waals surface area (Å²) in [7, 11) is 1.60. The molecule has 1 atom stereocenters. The molecule has 0 radical (unpaired) electrons. The highest BCUT2D eigenvalue weighted by Gasteiger charge is 2.45. The van der Waals surface area contributed by atoms with Gasteiger partial charge in [-0.15, -0.1) is 0 Å². The number of aryl methyl sites for hydroxylation is 1. The van der Waals surface area contributed by atoms with Crippen LogP contribution in [0.3, 0.4) is 0 Å². The molecule has 0 spiro atoms. The number of hydrogen-bond donors (Lipinski definition) is 1. The summed E-state index contributed by atoms with van der Waals surface area (Å²) >= 11 is 2.21. The van der Waals surface area contributed by atoms with E-state index in [0.29, 0.717) is 25.1 Å². The number of halogens is 1. The van der Waals surface area contributed by atoms with Crippen molar-refractivity contribution < 1.29 is 19.4 Å². The Bertz CT molecular complexity index is 903. The zero-order valence-corrected chi connectivity index (χ0v) is 18.0. The molecule has 1 aliphatic heterocycles. The molecule has 0 aromatic heterocycles. The van der Waals surface area contributed by atoms with E-state index in [4.69, 9.17) is 4.74 Å². The van der Waals surface area contributed by atoms with Crippen molar-refractivity contribution in [3.63, 3.8) is 0 Å². The number of carbonyl (C=O) groups is 2. The lowest BCUT2D eigenvalue weighted by molar-refractivity contribution is -0.140. The molecule has 2 aromatic rings. The highest BCUT2D eigenvalue weighted by Crippen LogP contribution is 2.39. The van der Waals surface area contributed by atoms with Gasteiger partial charge in [-0.2, -0.15) is 0 Å². The Morgan fingerprint density at radius 1 is 1.11 bits per heavy atom. The Morgan fingerprint density at radius 3 is 2.36 bits per heavy atom. The number of carbonyl (C=O) groups excluding carboxylic acids is 2. The van der Waals surface area contributed by atoms with Crippen molar-refractivity contribution in [3.05, 3.63) is 74.4 Å². The van der Waals surface area contributed by atoms with Gasteiger partial charge in [-0.3, -0.25) is 9.59 Å². The number of Topliss-reactive ketones (excluding diaryl/α,β-unsaturated/α-hetero) is 1. The molecule has 5 nitrogen and oxygen atoms in total. The molecule has 1 heterocycles. The van der Waals surface area contributed by atoms with Gasteiger partial charge in [-0.1, -0.05) is 42.0 Å². The van der Waals surface area contributed by atoms with Gasteiger partial charge in [-0.05, 0) is 53.6 Å². The minimum atomic E-state index is -0.654. The molecule has 1 aliphatic rings. The van der Waals surface area contributed by atoms with Crippen LogP contribution in [0.25, 0.3) is 5.76 Å². The molecule has 6 heteroatoms. The van der Waals surface area contributed by atoms with Crippen molar-refractivity contribution in [1.29, 1.82) is 0 Å². The van der Waals surface area contributed by atoms with Gasteiger partial charge in [-0.25, -0.2) is 0 Å². The van der Waals surface area contributed by atoms with E-state index in [1.165, 1.54) is 4.90 Å². The third kappa shape index (κ3) is 4.12. The van der Waals surface area contributed by atoms with Crippen LogP contribution >= 0.6 is 22.6 Å². The number of aliphatic hydroxyl groups excluding tert-OH is 1. The van der Waals surface area contributed by atoms with E-state index in [1.54, 1.807) is 19.2 Å². The molecule has 0 aliphatic carbocycles. The van der Waals surface area contributed by atoms with Gasteiger partial charge < -0.3 is 14.7 Å². The van der Waals surface area contributed by atoms with E-state index < -0.39 is 17.7 Å². The molecule has 28 heavy (non-hydrogen) atoms. The lowest BCUT2D eigenvalue weighted by Crippen LogP contribution is -2.31. The van der Waals surface area contributed by atoms with Crippen molar-refractivity contribution in [2.75, 3.05) is 20.3 Å². The molecule has 1 amide bonds. The number of rotatable bonds is 6. The molecular weight excluding hydrogens is 469 g/mol. The fourth-order valence-corrected chi connectivity index (χ4v) is 3.71. The Balaban J connectivity index is 2.10. The molecule has 1 saturated heterocycles. The molecule has 2 aromatic carbocycles. The standard InChI is InChI=1S/C22H22INO4/c1-14-4-6-16(7-5-14)20(25)18-19(15-8-10-17(23)11-9-15)24(12-3-13-28-2)22(27)21(18)26/h4-11,19,25H,3,12-13H2,1-2H3/b20-18+. The van der Waals surface area contributed by atoms with Gasteiger partial charge in [0.15, 0.2) is 0 Å². The number of amides is 1. The van der Waals surface area contributed by atoms with Gasteiger partial charge >= 0.3 is 0 Å². The van der Waals surface area contributed by atoms with Gasteiger partial charge in [0.1, 0.15) is 5.76 Å². The minimum absolute atomic E-state index is 0.132. The number of hydrogen-bond acceptors (Lipinski definition) is 4. The second-order valence-electron chi connectivity index (χ2n) is 6.76. The molecule has 146 valence electrons. The normalized spacial score (nSPS) is 18.7. The van der Waals surface area contributed by atoms with Crippen LogP contribution in [-0.4, -0.2) is 42.0 Å². The average Bonchev–Trinajstić information content (AvgIpc) is 2.94. The van der Waals surface area contributed by atoms with E-state index in [-0.39, 0.29) is 11.3 Å². The van der Waals surface area contributed by atoms with E-state index >= 15 is 0 Å². The number of benzene rings is 2. The predicted molar refractivity (Wildman–Crippen MR) is 116 cm³/mol. The molecule has 3 rings (SSSR count). The highest BCUT2D eigenvalue weighted by molar-refractivity contribution is 14.1. The molecule has 1 unspecified atom stereocenters. The zero-order chi connectivity index (χ0) is 20.3. The first-order chi connectivity index (χ1) is 13.4. The summed E-state index contributed by atoms with van der Waals surface area (Å²) in [4.78, 5) is 27.1. The molecule has 1 fully saturated rings. The van der Waals surface area contributed by atoms with Crippen LogP contribution in [0.1, 0.15) is 29.2 Å². The quantitative estimate of drug-likeness (QED) is 0.218. The van der Waals surface area contributed by atoms with Crippen LogP contribution < -0.4 is 0 Å². The second-order valence-corrected chi connectivity index (χ2v) is 8.00. The van der Waals surface area contributed by atoms with E-state index in [0.717, 1.165) is 14.7 Å². The van der Waals surface area contributed by atoms with Crippen molar-refractivity contribution in [2.24, 2.45) is 0 Å². The predicted octanol–water partition coefficient (Wildman–Crippen LogP) is 4.06. The first kappa shape index (κ1) is 20.5. The summed E-state index contributed by atoms with van der Waals surface area (Å²) in [6.45, 7) is 2.81. The number of ether oxygens (including phenoxy) is 1. The van der Waals surface area contributed by atoms with Crippen LogP contribution in [0.5, 0.6) is 0 Å². The smallest absolute Gasteiger partial charge is 0.295 e. The van der Waals surface area contributed by atoms with Crippen molar-refractivity contribution in [1.82, 2.24) is 4.90 Å². The van der Waals surface area contributed by atoms with E-state index in [9.17, 15) is 14.7 Å². The van der Waals surface area contributed by atoms with Crippen LogP contribution in [0.15, 0.2) is 54.1 Å². The SMILES string of the molecule is COCCCN1C(=O)C(=O)/C(=C(/O)c2ccc(C)cc2)C1c1ccc(I)cc1. The minimum Gasteiger partial charge on any atom is -0.507 e.